The molecule has 0 saturated heterocycles. The van der Waals surface area contributed by atoms with E-state index in [0.29, 0.717) is 5.13 Å². The molecule has 0 unspecified atom stereocenters. The molecule has 0 atom stereocenters. The van der Waals surface area contributed by atoms with Gasteiger partial charge in [0.05, 0.1) is 19.2 Å². The number of methoxy groups -OCH3 is 1. The first-order valence-corrected chi connectivity index (χ1v) is 8.98. The van der Waals surface area contributed by atoms with Gasteiger partial charge >= 0.3 is 5.97 Å². The third-order valence-electron chi connectivity index (χ3n) is 4.13. The average Bonchev–Trinajstić information content (AvgIpc) is 2.99. The lowest BCUT2D eigenvalue weighted by Gasteiger charge is -2.05. The minimum atomic E-state index is -0.866. The molecule has 0 aliphatic heterocycles. The predicted octanol–water partition coefficient (Wildman–Crippen LogP) is 4.81. The van der Waals surface area contributed by atoms with Crippen LogP contribution in [0.15, 0.2) is 42.5 Å². The molecule has 3 rings (SSSR count). The van der Waals surface area contributed by atoms with Crippen LogP contribution in [0.2, 0.25) is 0 Å². The van der Waals surface area contributed by atoms with Crippen LogP contribution in [0.25, 0.3) is 11.3 Å². The second-order valence-corrected chi connectivity index (χ2v) is 7.10. The normalized spacial score (nSPS) is 10.6. The van der Waals surface area contributed by atoms with Crippen molar-refractivity contribution in [2.75, 3.05) is 12.4 Å². The monoisotopic (exact) mass is 368 g/mol. The summed E-state index contributed by atoms with van der Waals surface area (Å²) >= 11 is 1.36. The van der Waals surface area contributed by atoms with E-state index >= 15 is 0 Å². The highest BCUT2D eigenvalue weighted by Gasteiger charge is 2.16. The number of carboxylic acid groups (broad SMARTS) is 1. The standard InChI is InChI=1S/C20H20N2O3S/c1-12-4-5-14(10-13(12)2)19-17(11-18(23)24)26-20(22-19)21-15-6-8-16(25-3)9-7-15/h4-10H,11H2,1-3H3,(H,21,22)(H,23,24). The number of hydrogen-bond acceptors (Lipinski definition) is 5. The zero-order valence-electron chi connectivity index (χ0n) is 14.9. The van der Waals surface area contributed by atoms with E-state index in [1.165, 1.54) is 16.9 Å². The van der Waals surface area contributed by atoms with Gasteiger partial charge in [-0.1, -0.05) is 12.1 Å². The molecule has 0 radical (unpaired) electrons. The summed E-state index contributed by atoms with van der Waals surface area (Å²) in [5, 5.41) is 13.1. The Balaban J connectivity index is 1.95. The lowest BCUT2D eigenvalue weighted by Crippen LogP contribution is -1.99. The van der Waals surface area contributed by atoms with Gasteiger partial charge in [0, 0.05) is 16.1 Å². The summed E-state index contributed by atoms with van der Waals surface area (Å²) in [6, 6.07) is 13.6. The van der Waals surface area contributed by atoms with Crippen LogP contribution in [0.1, 0.15) is 16.0 Å². The van der Waals surface area contributed by atoms with Crippen molar-refractivity contribution in [1.29, 1.82) is 0 Å². The van der Waals surface area contributed by atoms with E-state index in [1.54, 1.807) is 7.11 Å². The average molecular weight is 368 g/mol. The second kappa shape index (κ2) is 7.58. The maximum atomic E-state index is 11.3. The van der Waals surface area contributed by atoms with E-state index in [9.17, 15) is 9.90 Å². The molecule has 3 aromatic rings. The van der Waals surface area contributed by atoms with Crippen LogP contribution >= 0.6 is 11.3 Å². The minimum absolute atomic E-state index is 0.0514. The van der Waals surface area contributed by atoms with Crippen molar-refractivity contribution in [3.05, 3.63) is 58.5 Å². The number of rotatable bonds is 6. The van der Waals surface area contributed by atoms with Crippen molar-refractivity contribution in [2.24, 2.45) is 0 Å². The largest absolute Gasteiger partial charge is 0.497 e. The molecular weight excluding hydrogens is 348 g/mol. The van der Waals surface area contributed by atoms with E-state index in [4.69, 9.17) is 4.74 Å². The molecule has 2 aromatic carbocycles. The first-order valence-electron chi connectivity index (χ1n) is 8.16. The van der Waals surface area contributed by atoms with Crippen molar-refractivity contribution < 1.29 is 14.6 Å². The van der Waals surface area contributed by atoms with Gasteiger partial charge in [-0.3, -0.25) is 4.79 Å². The highest BCUT2D eigenvalue weighted by molar-refractivity contribution is 7.16. The van der Waals surface area contributed by atoms with Gasteiger partial charge in [-0.25, -0.2) is 4.98 Å². The second-order valence-electron chi connectivity index (χ2n) is 6.01. The Bertz CT molecular complexity index is 933. The lowest BCUT2D eigenvalue weighted by atomic mass is 10.0. The molecule has 2 N–H and O–H groups in total. The fraction of sp³-hybridized carbons (Fsp3) is 0.200. The fourth-order valence-electron chi connectivity index (χ4n) is 2.57. The molecule has 6 heteroatoms. The first-order chi connectivity index (χ1) is 12.5. The number of ether oxygens (including phenoxy) is 1. The van der Waals surface area contributed by atoms with E-state index < -0.39 is 5.97 Å². The van der Waals surface area contributed by atoms with Crippen molar-refractivity contribution in [3.63, 3.8) is 0 Å². The quantitative estimate of drug-likeness (QED) is 0.653. The van der Waals surface area contributed by atoms with Gasteiger partial charge in [-0.2, -0.15) is 0 Å². The molecule has 0 fully saturated rings. The SMILES string of the molecule is COc1ccc(Nc2nc(-c3ccc(C)c(C)c3)c(CC(=O)O)s2)cc1. The molecule has 1 heterocycles. The van der Waals surface area contributed by atoms with Crippen LogP contribution in [-0.2, 0) is 11.2 Å². The summed E-state index contributed by atoms with van der Waals surface area (Å²) in [4.78, 5) is 16.6. The Hall–Kier alpha value is -2.86. The molecule has 0 bridgehead atoms. The predicted molar refractivity (Wildman–Crippen MR) is 105 cm³/mol. The van der Waals surface area contributed by atoms with Crippen LogP contribution < -0.4 is 10.1 Å². The zero-order chi connectivity index (χ0) is 18.7. The third-order valence-corrected chi connectivity index (χ3v) is 5.10. The summed E-state index contributed by atoms with van der Waals surface area (Å²) in [5.41, 5.74) is 4.87. The van der Waals surface area contributed by atoms with Crippen LogP contribution in [0.3, 0.4) is 0 Å². The van der Waals surface area contributed by atoms with Crippen LogP contribution in [-0.4, -0.2) is 23.2 Å². The van der Waals surface area contributed by atoms with Crippen molar-refractivity contribution >= 4 is 28.1 Å². The maximum absolute atomic E-state index is 11.3. The van der Waals surface area contributed by atoms with Crippen molar-refractivity contribution in [3.8, 4) is 17.0 Å². The molecule has 0 aliphatic rings. The summed E-state index contributed by atoms with van der Waals surface area (Å²) < 4.78 is 5.16. The number of aliphatic carboxylic acids is 1. The summed E-state index contributed by atoms with van der Waals surface area (Å²) in [6.07, 6.45) is -0.0514. The number of thiazole rings is 1. The molecule has 0 amide bonds. The van der Waals surface area contributed by atoms with Gasteiger partial charge in [-0.05, 0) is 55.3 Å². The molecule has 0 saturated carbocycles. The zero-order valence-corrected chi connectivity index (χ0v) is 15.7. The number of aromatic nitrogens is 1. The third kappa shape index (κ3) is 4.03. The van der Waals surface area contributed by atoms with E-state index in [-0.39, 0.29) is 6.42 Å². The lowest BCUT2D eigenvalue weighted by molar-refractivity contribution is -0.136. The fourth-order valence-corrected chi connectivity index (χ4v) is 3.57. The van der Waals surface area contributed by atoms with E-state index in [2.05, 4.69) is 17.2 Å². The van der Waals surface area contributed by atoms with Gasteiger partial charge in [0.25, 0.3) is 0 Å². The number of hydrogen-bond donors (Lipinski definition) is 2. The highest BCUT2D eigenvalue weighted by atomic mass is 32.1. The van der Waals surface area contributed by atoms with Crippen LogP contribution in [0, 0.1) is 13.8 Å². The molecule has 1 aromatic heterocycles. The maximum Gasteiger partial charge on any atom is 0.308 e. The first kappa shape index (κ1) is 17.9. The highest BCUT2D eigenvalue weighted by Crippen LogP contribution is 2.34. The molecule has 134 valence electrons. The molecule has 26 heavy (non-hydrogen) atoms. The van der Waals surface area contributed by atoms with Gasteiger partial charge in [0.2, 0.25) is 0 Å². The number of nitrogens with zero attached hydrogens (tertiary/aromatic N) is 1. The number of carbonyl (C=O) groups is 1. The molecular formula is C20H20N2O3S. The molecule has 0 spiro atoms. The number of nitrogens with one attached hydrogen (secondary N) is 1. The molecule has 0 aliphatic carbocycles. The molecule has 5 nitrogen and oxygen atoms in total. The van der Waals surface area contributed by atoms with Gasteiger partial charge in [0.15, 0.2) is 5.13 Å². The topological polar surface area (TPSA) is 71.5 Å². The Morgan fingerprint density at radius 3 is 2.50 bits per heavy atom. The summed E-state index contributed by atoms with van der Waals surface area (Å²) in [5.74, 6) is -0.0909. The Morgan fingerprint density at radius 1 is 1.15 bits per heavy atom. The smallest absolute Gasteiger partial charge is 0.308 e. The van der Waals surface area contributed by atoms with Gasteiger partial charge in [-0.15, -0.1) is 11.3 Å². The minimum Gasteiger partial charge on any atom is -0.497 e. The van der Waals surface area contributed by atoms with E-state index in [0.717, 1.165) is 33.1 Å². The number of carboxylic acids is 1. The number of anilines is 2. The Kier molecular flexibility index (Phi) is 5.23. The van der Waals surface area contributed by atoms with Crippen molar-refractivity contribution in [1.82, 2.24) is 4.98 Å². The summed E-state index contributed by atoms with van der Waals surface area (Å²) in [7, 11) is 1.62. The Labute approximate surface area is 156 Å². The summed E-state index contributed by atoms with van der Waals surface area (Å²) in [6.45, 7) is 4.09. The number of aryl methyl sites for hydroxylation is 2. The number of benzene rings is 2. The van der Waals surface area contributed by atoms with Gasteiger partial charge < -0.3 is 15.2 Å². The van der Waals surface area contributed by atoms with E-state index in [1.807, 2.05) is 49.4 Å². The van der Waals surface area contributed by atoms with Crippen molar-refractivity contribution in [2.45, 2.75) is 20.3 Å². The Morgan fingerprint density at radius 2 is 1.88 bits per heavy atom. The van der Waals surface area contributed by atoms with Crippen LogP contribution in [0.4, 0.5) is 10.8 Å². The van der Waals surface area contributed by atoms with Crippen LogP contribution in [0.5, 0.6) is 5.75 Å². The van der Waals surface area contributed by atoms with Gasteiger partial charge in [0.1, 0.15) is 5.75 Å².